The number of halogens is 2. The number of hydrogen-bond donors (Lipinski definition) is 1. The first-order valence-electron chi connectivity index (χ1n) is 10.1. The van der Waals surface area contributed by atoms with Crippen LogP contribution < -0.4 is 4.90 Å². The van der Waals surface area contributed by atoms with E-state index in [9.17, 15) is 14.3 Å². The number of rotatable bonds is 2. The summed E-state index contributed by atoms with van der Waals surface area (Å²) in [7, 11) is 0. The van der Waals surface area contributed by atoms with Gasteiger partial charge >= 0.3 is 5.97 Å². The standard InChI is InChI=1S/C24H19BrFN3O2/c25-17-6-10-21-15(12-17)2-1-11-29(21)23-22(14-3-7-18(26)8-4-14)27-19-9-5-16(24(30)31)13-20(19)28-23/h3-10,12-13,19-20H,1-2,11H2,(H,30,31). The highest BCUT2D eigenvalue weighted by molar-refractivity contribution is 9.10. The van der Waals surface area contributed by atoms with Crippen LogP contribution in [0.5, 0.6) is 0 Å². The monoisotopic (exact) mass is 479 g/mol. The van der Waals surface area contributed by atoms with Crippen molar-refractivity contribution in [2.24, 2.45) is 9.98 Å². The topological polar surface area (TPSA) is 65.3 Å². The van der Waals surface area contributed by atoms with Crippen molar-refractivity contribution < 1.29 is 14.3 Å². The van der Waals surface area contributed by atoms with E-state index in [4.69, 9.17) is 9.98 Å². The first kappa shape index (κ1) is 19.9. The van der Waals surface area contributed by atoms with Crippen molar-refractivity contribution in [3.63, 3.8) is 0 Å². The summed E-state index contributed by atoms with van der Waals surface area (Å²) in [5, 5.41) is 9.40. The van der Waals surface area contributed by atoms with E-state index >= 15 is 0 Å². The van der Waals surface area contributed by atoms with E-state index < -0.39 is 12.0 Å². The average molecular weight is 480 g/mol. The molecule has 31 heavy (non-hydrogen) atoms. The molecule has 2 atom stereocenters. The Bertz CT molecular complexity index is 1180. The zero-order valence-corrected chi connectivity index (χ0v) is 18.1. The molecule has 7 heteroatoms. The predicted octanol–water partition coefficient (Wildman–Crippen LogP) is 4.56. The summed E-state index contributed by atoms with van der Waals surface area (Å²) in [6.45, 7) is 0.774. The van der Waals surface area contributed by atoms with Crippen molar-refractivity contribution in [1.29, 1.82) is 0 Å². The maximum Gasteiger partial charge on any atom is 0.335 e. The molecule has 1 N–H and O–H groups in total. The Kier molecular flexibility index (Phi) is 5.06. The van der Waals surface area contributed by atoms with Crippen molar-refractivity contribution in [3.8, 4) is 0 Å². The zero-order valence-electron chi connectivity index (χ0n) is 16.5. The van der Waals surface area contributed by atoms with Crippen LogP contribution in [-0.2, 0) is 11.2 Å². The van der Waals surface area contributed by atoms with Crippen LogP contribution in [0.4, 0.5) is 10.1 Å². The number of carboxylic acids is 1. The Hall–Kier alpha value is -3.06. The number of nitrogens with zero attached hydrogens (tertiary/aromatic N) is 3. The van der Waals surface area contributed by atoms with Gasteiger partial charge in [-0.3, -0.25) is 9.98 Å². The molecular formula is C24H19BrFN3O2. The number of anilines is 1. The van der Waals surface area contributed by atoms with Crippen molar-refractivity contribution in [2.45, 2.75) is 24.9 Å². The third-order valence-corrected chi connectivity index (χ3v) is 6.21. The normalized spacial score (nSPS) is 22.1. The Morgan fingerprint density at radius 2 is 1.94 bits per heavy atom. The maximum atomic E-state index is 13.6. The van der Waals surface area contributed by atoms with Crippen LogP contribution in [0.3, 0.4) is 0 Å². The maximum absolute atomic E-state index is 13.6. The molecule has 0 fully saturated rings. The van der Waals surface area contributed by atoms with Crippen molar-refractivity contribution in [3.05, 3.63) is 87.7 Å². The lowest BCUT2D eigenvalue weighted by molar-refractivity contribution is -0.132. The minimum absolute atomic E-state index is 0.216. The van der Waals surface area contributed by atoms with Gasteiger partial charge in [-0.15, -0.1) is 0 Å². The number of aliphatic imine (C=N–C) groups is 2. The second-order valence-electron chi connectivity index (χ2n) is 7.73. The molecule has 3 aliphatic rings. The van der Waals surface area contributed by atoms with Gasteiger partial charge < -0.3 is 10.0 Å². The Morgan fingerprint density at radius 1 is 1.13 bits per heavy atom. The molecule has 0 aromatic heterocycles. The van der Waals surface area contributed by atoms with E-state index in [0.29, 0.717) is 11.5 Å². The quantitative estimate of drug-likeness (QED) is 0.686. The fourth-order valence-corrected chi connectivity index (χ4v) is 4.64. The molecule has 5 nitrogen and oxygen atoms in total. The van der Waals surface area contributed by atoms with Crippen LogP contribution in [0.2, 0.25) is 0 Å². The molecule has 0 amide bonds. The molecule has 0 radical (unpaired) electrons. The van der Waals surface area contributed by atoms with Crippen molar-refractivity contribution >= 4 is 39.1 Å². The molecule has 0 saturated carbocycles. The predicted molar refractivity (Wildman–Crippen MR) is 123 cm³/mol. The van der Waals surface area contributed by atoms with Crippen molar-refractivity contribution in [1.82, 2.24) is 0 Å². The smallest absolute Gasteiger partial charge is 0.335 e. The lowest BCUT2D eigenvalue weighted by Gasteiger charge is -2.36. The van der Waals surface area contributed by atoms with Gasteiger partial charge in [0, 0.05) is 22.3 Å². The largest absolute Gasteiger partial charge is 0.478 e. The average Bonchev–Trinajstić information content (AvgIpc) is 2.77. The van der Waals surface area contributed by atoms with Crippen LogP contribution in [0.15, 0.2) is 80.7 Å². The lowest BCUT2D eigenvalue weighted by atomic mass is 9.94. The third kappa shape index (κ3) is 3.74. The summed E-state index contributed by atoms with van der Waals surface area (Å²) < 4.78 is 14.6. The van der Waals surface area contributed by atoms with Gasteiger partial charge in [-0.05, 0) is 73.0 Å². The van der Waals surface area contributed by atoms with E-state index in [-0.39, 0.29) is 17.4 Å². The van der Waals surface area contributed by atoms with E-state index in [1.54, 1.807) is 30.4 Å². The van der Waals surface area contributed by atoms with E-state index in [0.717, 1.165) is 35.1 Å². The van der Waals surface area contributed by atoms with Gasteiger partial charge in [0.05, 0.1) is 17.7 Å². The van der Waals surface area contributed by atoms with Crippen LogP contribution in [0.25, 0.3) is 0 Å². The molecule has 2 aromatic rings. The third-order valence-electron chi connectivity index (χ3n) is 5.71. The number of amidine groups is 1. The van der Waals surface area contributed by atoms with Gasteiger partial charge in [0.1, 0.15) is 11.5 Å². The number of fused-ring (bicyclic) bond motifs is 2. The first-order valence-corrected chi connectivity index (χ1v) is 10.9. The second kappa shape index (κ2) is 7.89. The summed E-state index contributed by atoms with van der Waals surface area (Å²) in [5.41, 5.74) is 3.97. The summed E-state index contributed by atoms with van der Waals surface area (Å²) in [4.78, 5) is 23.5. The van der Waals surface area contributed by atoms with Gasteiger partial charge in [0.15, 0.2) is 5.84 Å². The Labute approximate surface area is 187 Å². The van der Waals surface area contributed by atoms with Gasteiger partial charge in [0.2, 0.25) is 0 Å². The molecule has 156 valence electrons. The van der Waals surface area contributed by atoms with Gasteiger partial charge in [0.25, 0.3) is 0 Å². The van der Waals surface area contributed by atoms with E-state index in [1.165, 1.54) is 17.7 Å². The highest BCUT2D eigenvalue weighted by atomic mass is 79.9. The van der Waals surface area contributed by atoms with E-state index in [1.807, 2.05) is 6.07 Å². The van der Waals surface area contributed by atoms with Crippen molar-refractivity contribution in [2.75, 3.05) is 11.4 Å². The molecule has 2 aromatic carbocycles. The fourth-order valence-electron chi connectivity index (χ4n) is 4.23. The fraction of sp³-hybridized carbons (Fsp3) is 0.208. The molecule has 2 unspecified atom stereocenters. The summed E-state index contributed by atoms with van der Waals surface area (Å²) in [5.74, 6) is -0.600. The summed E-state index contributed by atoms with van der Waals surface area (Å²) >= 11 is 3.55. The highest BCUT2D eigenvalue weighted by Crippen LogP contribution is 2.33. The number of aliphatic carboxylic acids is 1. The van der Waals surface area contributed by atoms with Gasteiger partial charge in [-0.25, -0.2) is 9.18 Å². The molecule has 0 spiro atoms. The van der Waals surface area contributed by atoms with Gasteiger partial charge in [-0.2, -0.15) is 0 Å². The molecule has 0 saturated heterocycles. The SMILES string of the molecule is O=C(O)C1=CC2N=C(N3CCCc4cc(Br)ccc43)C(c3ccc(F)cc3)=NC2C=C1. The molecular weight excluding hydrogens is 461 g/mol. The number of hydrogen-bond acceptors (Lipinski definition) is 4. The van der Waals surface area contributed by atoms with Crippen LogP contribution in [0, 0.1) is 5.82 Å². The number of carbonyl (C=O) groups is 1. The Balaban J connectivity index is 1.63. The molecule has 1 aliphatic carbocycles. The minimum atomic E-state index is -0.979. The second-order valence-corrected chi connectivity index (χ2v) is 8.65. The van der Waals surface area contributed by atoms with Gasteiger partial charge in [-0.1, -0.05) is 22.0 Å². The number of benzene rings is 2. The van der Waals surface area contributed by atoms with Crippen LogP contribution in [0.1, 0.15) is 17.5 Å². The molecule has 2 heterocycles. The first-order chi connectivity index (χ1) is 15.0. The zero-order chi connectivity index (χ0) is 21.5. The van der Waals surface area contributed by atoms with Crippen LogP contribution in [-0.4, -0.2) is 41.3 Å². The minimum Gasteiger partial charge on any atom is -0.478 e. The summed E-state index contributed by atoms with van der Waals surface area (Å²) in [6.07, 6.45) is 6.94. The molecule has 2 aliphatic heterocycles. The highest BCUT2D eigenvalue weighted by Gasteiger charge is 2.33. The number of aryl methyl sites for hydroxylation is 1. The Morgan fingerprint density at radius 3 is 2.71 bits per heavy atom. The summed E-state index contributed by atoms with van der Waals surface area (Å²) in [6, 6.07) is 11.8. The lowest BCUT2D eigenvalue weighted by Crippen LogP contribution is -2.45. The molecule has 5 rings (SSSR count). The molecule has 0 bridgehead atoms. The van der Waals surface area contributed by atoms with E-state index in [2.05, 4.69) is 33.0 Å². The number of carboxylic acid groups (broad SMARTS) is 1. The van der Waals surface area contributed by atoms with Crippen LogP contribution >= 0.6 is 15.9 Å².